The maximum absolute atomic E-state index is 3.57. The van der Waals surface area contributed by atoms with Crippen molar-refractivity contribution >= 4 is 0 Å². The lowest BCUT2D eigenvalue weighted by atomic mass is 10.1. The number of unbranched alkanes of at least 4 members (excludes halogenated alkanes) is 3. The predicted molar refractivity (Wildman–Crippen MR) is 62.6 cm³/mol. The summed E-state index contributed by atoms with van der Waals surface area (Å²) in [5.41, 5.74) is 0. The summed E-state index contributed by atoms with van der Waals surface area (Å²) in [5.74, 6) is 0. The lowest BCUT2D eigenvalue weighted by molar-refractivity contribution is 0.171. The monoisotopic (exact) mass is 198 g/mol. The molecular formula is C12H26N2. The first-order valence-electron chi connectivity index (χ1n) is 6.20. The van der Waals surface area contributed by atoms with Gasteiger partial charge in [0, 0.05) is 25.2 Å². The van der Waals surface area contributed by atoms with Crippen LogP contribution < -0.4 is 5.32 Å². The van der Waals surface area contributed by atoms with Crippen molar-refractivity contribution in [2.75, 3.05) is 19.6 Å². The Morgan fingerprint density at radius 1 is 1.07 bits per heavy atom. The molecule has 0 aromatic carbocycles. The van der Waals surface area contributed by atoms with Crippen LogP contribution in [-0.2, 0) is 0 Å². The molecule has 2 nitrogen and oxygen atoms in total. The summed E-state index contributed by atoms with van der Waals surface area (Å²) in [6.07, 6.45) is 5.53. The third-order valence-electron chi connectivity index (χ3n) is 2.96. The van der Waals surface area contributed by atoms with Gasteiger partial charge in [-0.05, 0) is 26.8 Å². The third kappa shape index (κ3) is 4.43. The molecule has 14 heavy (non-hydrogen) atoms. The molecule has 1 aliphatic rings. The molecule has 1 aliphatic heterocycles. The zero-order valence-corrected chi connectivity index (χ0v) is 10.1. The van der Waals surface area contributed by atoms with E-state index in [9.17, 15) is 0 Å². The molecule has 0 amide bonds. The Balaban J connectivity index is 2.10. The van der Waals surface area contributed by atoms with Crippen LogP contribution in [0.1, 0.15) is 46.5 Å². The first-order chi connectivity index (χ1) is 6.72. The fourth-order valence-corrected chi connectivity index (χ4v) is 2.39. The molecule has 0 unspecified atom stereocenters. The zero-order chi connectivity index (χ0) is 10.4. The molecule has 0 radical (unpaired) electrons. The molecule has 1 N–H and O–H groups in total. The highest BCUT2D eigenvalue weighted by Gasteiger charge is 2.19. The standard InChI is InChI=1S/C12H26N2/c1-4-5-6-7-8-14-9-11(2)13-12(3)10-14/h11-13H,4-10H2,1-3H3/t11-,12+. The number of hydrogen-bond acceptors (Lipinski definition) is 2. The van der Waals surface area contributed by atoms with E-state index in [0.29, 0.717) is 12.1 Å². The molecule has 1 rings (SSSR count). The summed E-state index contributed by atoms with van der Waals surface area (Å²) in [7, 11) is 0. The topological polar surface area (TPSA) is 15.3 Å². The van der Waals surface area contributed by atoms with Crippen LogP contribution in [0, 0.1) is 0 Å². The number of rotatable bonds is 5. The van der Waals surface area contributed by atoms with Crippen molar-refractivity contribution < 1.29 is 0 Å². The van der Waals surface area contributed by atoms with E-state index in [1.807, 2.05) is 0 Å². The van der Waals surface area contributed by atoms with E-state index < -0.39 is 0 Å². The molecule has 0 aliphatic carbocycles. The Morgan fingerprint density at radius 2 is 1.71 bits per heavy atom. The quantitative estimate of drug-likeness (QED) is 0.682. The van der Waals surface area contributed by atoms with E-state index in [0.717, 1.165) is 0 Å². The molecule has 0 aromatic heterocycles. The molecule has 0 aromatic rings. The number of nitrogens with one attached hydrogen (secondary N) is 1. The third-order valence-corrected chi connectivity index (χ3v) is 2.96. The summed E-state index contributed by atoms with van der Waals surface area (Å²) in [6, 6.07) is 1.34. The minimum atomic E-state index is 0.671. The summed E-state index contributed by atoms with van der Waals surface area (Å²) in [4.78, 5) is 2.61. The Labute approximate surface area is 89.1 Å². The average molecular weight is 198 g/mol. The van der Waals surface area contributed by atoms with Crippen LogP contribution in [0.3, 0.4) is 0 Å². The van der Waals surface area contributed by atoms with Gasteiger partial charge < -0.3 is 10.2 Å². The SMILES string of the molecule is CCCCCCN1C[C@@H](C)N[C@@H](C)C1. The zero-order valence-electron chi connectivity index (χ0n) is 10.1. The van der Waals surface area contributed by atoms with Crippen LogP contribution >= 0.6 is 0 Å². The van der Waals surface area contributed by atoms with E-state index >= 15 is 0 Å². The second-order valence-electron chi connectivity index (χ2n) is 4.79. The smallest absolute Gasteiger partial charge is 0.0169 e. The van der Waals surface area contributed by atoms with Gasteiger partial charge in [0.1, 0.15) is 0 Å². The Kier molecular flexibility index (Phi) is 5.49. The van der Waals surface area contributed by atoms with Gasteiger partial charge in [-0.2, -0.15) is 0 Å². The van der Waals surface area contributed by atoms with Crippen molar-refractivity contribution in [3.05, 3.63) is 0 Å². The number of nitrogens with zero attached hydrogens (tertiary/aromatic N) is 1. The van der Waals surface area contributed by atoms with Crippen molar-refractivity contribution in [2.24, 2.45) is 0 Å². The summed E-state index contributed by atoms with van der Waals surface area (Å²) in [6.45, 7) is 10.6. The summed E-state index contributed by atoms with van der Waals surface area (Å²) < 4.78 is 0. The lowest BCUT2D eigenvalue weighted by Gasteiger charge is -2.36. The average Bonchev–Trinajstić information content (AvgIpc) is 2.11. The summed E-state index contributed by atoms with van der Waals surface area (Å²) >= 11 is 0. The minimum absolute atomic E-state index is 0.671. The normalized spacial score (nSPS) is 29.4. The van der Waals surface area contributed by atoms with Gasteiger partial charge in [-0.25, -0.2) is 0 Å². The van der Waals surface area contributed by atoms with Crippen molar-refractivity contribution in [1.82, 2.24) is 10.2 Å². The molecule has 0 spiro atoms. The van der Waals surface area contributed by atoms with Gasteiger partial charge in [-0.3, -0.25) is 0 Å². The van der Waals surface area contributed by atoms with Crippen LogP contribution in [0.4, 0.5) is 0 Å². The fourth-order valence-electron chi connectivity index (χ4n) is 2.39. The van der Waals surface area contributed by atoms with Gasteiger partial charge in [0.25, 0.3) is 0 Å². The van der Waals surface area contributed by atoms with E-state index in [1.165, 1.54) is 45.3 Å². The van der Waals surface area contributed by atoms with Crippen LogP contribution in [0.2, 0.25) is 0 Å². The van der Waals surface area contributed by atoms with Gasteiger partial charge in [0.05, 0.1) is 0 Å². The van der Waals surface area contributed by atoms with Crippen molar-refractivity contribution in [3.63, 3.8) is 0 Å². The minimum Gasteiger partial charge on any atom is -0.309 e. The fraction of sp³-hybridized carbons (Fsp3) is 1.00. The second-order valence-corrected chi connectivity index (χ2v) is 4.79. The van der Waals surface area contributed by atoms with Crippen LogP contribution in [0.25, 0.3) is 0 Å². The first kappa shape index (κ1) is 12.0. The Morgan fingerprint density at radius 3 is 2.29 bits per heavy atom. The van der Waals surface area contributed by atoms with Gasteiger partial charge in [-0.1, -0.05) is 26.2 Å². The largest absolute Gasteiger partial charge is 0.309 e. The number of piperazine rings is 1. The maximum atomic E-state index is 3.57. The molecule has 0 bridgehead atoms. The van der Waals surface area contributed by atoms with Gasteiger partial charge in [0.15, 0.2) is 0 Å². The van der Waals surface area contributed by atoms with Gasteiger partial charge >= 0.3 is 0 Å². The van der Waals surface area contributed by atoms with E-state index in [4.69, 9.17) is 0 Å². The van der Waals surface area contributed by atoms with E-state index in [2.05, 4.69) is 31.0 Å². The highest BCUT2D eigenvalue weighted by Crippen LogP contribution is 2.07. The van der Waals surface area contributed by atoms with E-state index in [-0.39, 0.29) is 0 Å². The molecule has 0 saturated carbocycles. The van der Waals surface area contributed by atoms with Crippen molar-refractivity contribution in [3.8, 4) is 0 Å². The number of hydrogen-bond donors (Lipinski definition) is 1. The highest BCUT2D eigenvalue weighted by atomic mass is 15.2. The predicted octanol–water partition coefficient (Wildman–Crippen LogP) is 2.25. The molecule has 1 fully saturated rings. The Hall–Kier alpha value is -0.0800. The van der Waals surface area contributed by atoms with Crippen LogP contribution in [0.15, 0.2) is 0 Å². The summed E-state index contributed by atoms with van der Waals surface area (Å²) in [5, 5.41) is 3.57. The highest BCUT2D eigenvalue weighted by molar-refractivity contribution is 4.80. The second kappa shape index (κ2) is 6.41. The molecule has 1 saturated heterocycles. The molecule has 1 heterocycles. The Bertz CT molecular complexity index is 137. The lowest BCUT2D eigenvalue weighted by Crippen LogP contribution is -2.54. The molecule has 2 atom stereocenters. The molecule has 2 heteroatoms. The van der Waals surface area contributed by atoms with Crippen molar-refractivity contribution in [1.29, 1.82) is 0 Å². The van der Waals surface area contributed by atoms with Crippen LogP contribution in [0.5, 0.6) is 0 Å². The maximum Gasteiger partial charge on any atom is 0.0169 e. The van der Waals surface area contributed by atoms with Gasteiger partial charge in [0.2, 0.25) is 0 Å². The molecule has 84 valence electrons. The van der Waals surface area contributed by atoms with Crippen molar-refractivity contribution in [2.45, 2.75) is 58.5 Å². The first-order valence-corrected chi connectivity index (χ1v) is 6.20. The van der Waals surface area contributed by atoms with E-state index in [1.54, 1.807) is 0 Å². The molecular weight excluding hydrogens is 172 g/mol. The van der Waals surface area contributed by atoms with Gasteiger partial charge in [-0.15, -0.1) is 0 Å². The van der Waals surface area contributed by atoms with Crippen LogP contribution in [-0.4, -0.2) is 36.6 Å².